The van der Waals surface area contributed by atoms with Crippen LogP contribution < -0.4 is 10.6 Å². The lowest BCUT2D eigenvalue weighted by Gasteiger charge is -2.26. The van der Waals surface area contributed by atoms with E-state index in [1.807, 2.05) is 20.8 Å². The summed E-state index contributed by atoms with van der Waals surface area (Å²) in [5, 5.41) is 0.505. The van der Waals surface area contributed by atoms with E-state index in [2.05, 4.69) is 4.98 Å². The Hall–Kier alpha value is -2.90. The van der Waals surface area contributed by atoms with Crippen molar-refractivity contribution in [1.29, 1.82) is 0 Å². The van der Waals surface area contributed by atoms with Crippen molar-refractivity contribution in [2.24, 2.45) is 5.73 Å². The van der Waals surface area contributed by atoms with Crippen LogP contribution in [0.15, 0.2) is 54.9 Å². The minimum atomic E-state index is -3.48. The topological polar surface area (TPSA) is 59.2 Å². The third-order valence-electron chi connectivity index (χ3n) is 6.00. The van der Waals surface area contributed by atoms with E-state index in [9.17, 15) is 4.79 Å². The summed E-state index contributed by atoms with van der Waals surface area (Å²) in [4.78, 5) is 18.5. The van der Waals surface area contributed by atoms with Gasteiger partial charge in [0.15, 0.2) is 0 Å². The molecule has 0 saturated carbocycles. The molecule has 4 nitrogen and oxygen atoms in total. The molecule has 0 unspecified atom stereocenters. The highest BCUT2D eigenvalue weighted by Crippen LogP contribution is 2.45. The summed E-state index contributed by atoms with van der Waals surface area (Å²) in [7, 11) is 0. The molecule has 2 aromatic carbocycles. The molecular weight excluding hydrogens is 463 g/mol. The highest BCUT2D eigenvalue weighted by atomic mass is 35.5. The van der Waals surface area contributed by atoms with E-state index >= 15 is 13.2 Å². The summed E-state index contributed by atoms with van der Waals surface area (Å²) in [6.07, 6.45) is 2.26. The largest absolute Gasteiger partial charge is 0.320 e. The molecule has 34 heavy (non-hydrogen) atoms. The summed E-state index contributed by atoms with van der Waals surface area (Å²) < 4.78 is 45.5. The van der Waals surface area contributed by atoms with Crippen molar-refractivity contribution in [2.75, 3.05) is 4.90 Å². The Bertz CT molecular complexity index is 1240. The zero-order valence-electron chi connectivity index (χ0n) is 19.1. The van der Waals surface area contributed by atoms with Gasteiger partial charge >= 0.3 is 0 Å². The minimum Gasteiger partial charge on any atom is -0.320 e. The molecule has 3 aromatic rings. The van der Waals surface area contributed by atoms with Crippen LogP contribution in [-0.2, 0) is 22.7 Å². The number of anilines is 1. The lowest BCUT2D eigenvalue weighted by Crippen LogP contribution is -2.43. The fourth-order valence-electron chi connectivity index (χ4n) is 4.02. The van der Waals surface area contributed by atoms with Crippen LogP contribution in [0.1, 0.15) is 43.9 Å². The molecule has 0 spiro atoms. The average Bonchev–Trinajstić information content (AvgIpc) is 2.83. The molecule has 0 saturated heterocycles. The predicted octanol–water partition coefficient (Wildman–Crippen LogP) is 6.19. The van der Waals surface area contributed by atoms with Crippen LogP contribution in [0.3, 0.4) is 0 Å². The first kappa shape index (κ1) is 24.2. The van der Waals surface area contributed by atoms with Gasteiger partial charge in [-0.15, -0.1) is 0 Å². The third-order valence-corrected chi connectivity index (χ3v) is 6.25. The maximum Gasteiger partial charge on any atom is 0.277 e. The molecule has 1 aliphatic rings. The van der Waals surface area contributed by atoms with Crippen molar-refractivity contribution in [1.82, 2.24) is 4.98 Å². The van der Waals surface area contributed by atoms with E-state index in [1.165, 1.54) is 17.2 Å². The van der Waals surface area contributed by atoms with Gasteiger partial charge in [0.1, 0.15) is 5.82 Å². The Balaban J connectivity index is 1.90. The number of aromatic nitrogens is 1. The molecule has 4 rings (SSSR count). The minimum absolute atomic E-state index is 0.0157. The summed E-state index contributed by atoms with van der Waals surface area (Å²) in [5.41, 5.74) is 7.02. The van der Waals surface area contributed by atoms with Crippen LogP contribution in [0.5, 0.6) is 0 Å². The Kier molecular flexibility index (Phi) is 6.21. The van der Waals surface area contributed by atoms with Crippen molar-refractivity contribution >= 4 is 23.2 Å². The Morgan fingerprint density at radius 3 is 2.47 bits per heavy atom. The second kappa shape index (κ2) is 8.71. The van der Waals surface area contributed by atoms with Crippen molar-refractivity contribution < 1.29 is 18.0 Å². The number of amides is 1. The van der Waals surface area contributed by atoms with Crippen molar-refractivity contribution in [3.8, 4) is 11.1 Å². The number of alkyl halides is 2. The maximum atomic E-state index is 15.2. The van der Waals surface area contributed by atoms with Crippen molar-refractivity contribution in [2.45, 2.75) is 51.1 Å². The Morgan fingerprint density at radius 2 is 1.82 bits per heavy atom. The van der Waals surface area contributed by atoms with Crippen LogP contribution in [0.25, 0.3) is 11.1 Å². The van der Waals surface area contributed by atoms with Crippen LogP contribution in [0, 0.1) is 5.82 Å². The van der Waals surface area contributed by atoms with Gasteiger partial charge in [-0.05, 0) is 46.9 Å². The van der Waals surface area contributed by atoms with E-state index in [4.69, 9.17) is 17.3 Å². The van der Waals surface area contributed by atoms with Crippen molar-refractivity contribution in [3.05, 3.63) is 82.4 Å². The SMILES string of the molecule is CC(C)(C)c1cncc(-c2cc3c(cc2F)C(F)(F)C[C@H](N)C(=O)N3Cc2ccc(Cl)cc2)c1. The first-order valence-corrected chi connectivity index (χ1v) is 11.2. The van der Waals surface area contributed by atoms with Crippen molar-refractivity contribution in [3.63, 3.8) is 0 Å². The molecule has 1 atom stereocenters. The van der Waals surface area contributed by atoms with E-state index in [0.717, 1.165) is 11.6 Å². The first-order valence-electron chi connectivity index (χ1n) is 10.9. The Morgan fingerprint density at radius 1 is 1.15 bits per heavy atom. The number of hydrogen-bond acceptors (Lipinski definition) is 3. The van der Waals surface area contributed by atoms with Gasteiger partial charge in [-0.2, -0.15) is 0 Å². The van der Waals surface area contributed by atoms with E-state index in [-0.39, 0.29) is 23.2 Å². The number of fused-ring (bicyclic) bond motifs is 1. The highest BCUT2D eigenvalue weighted by molar-refractivity contribution is 6.30. The molecule has 0 bridgehead atoms. The summed E-state index contributed by atoms with van der Waals surface area (Å²) in [5.74, 6) is -4.96. The smallest absolute Gasteiger partial charge is 0.277 e. The molecule has 0 radical (unpaired) electrons. The zero-order chi connectivity index (χ0) is 24.8. The standard InChI is InChI=1S/C26H25ClF3N3O/c1-25(2,3)17-8-16(12-32-13-17)19-9-23-20(10-21(19)28)26(29,30)11-22(31)24(34)33(23)14-15-4-6-18(27)7-5-15/h4-10,12-13,22H,11,14,31H2,1-3H3/t22-/m0/s1. The highest BCUT2D eigenvalue weighted by Gasteiger charge is 2.44. The molecule has 1 aliphatic heterocycles. The molecule has 2 N–H and O–H groups in total. The number of rotatable bonds is 3. The van der Waals surface area contributed by atoms with Gasteiger partial charge in [-0.3, -0.25) is 9.78 Å². The quantitative estimate of drug-likeness (QED) is 0.479. The van der Waals surface area contributed by atoms with Gasteiger partial charge in [0.25, 0.3) is 5.92 Å². The zero-order valence-corrected chi connectivity index (χ0v) is 19.8. The number of nitrogens with zero attached hydrogens (tertiary/aromatic N) is 2. The second-order valence-electron chi connectivity index (χ2n) is 9.63. The Labute approximate surface area is 201 Å². The second-order valence-corrected chi connectivity index (χ2v) is 10.1. The molecular formula is C26H25ClF3N3O. The molecule has 0 fully saturated rings. The van der Waals surface area contributed by atoms with Gasteiger partial charge in [-0.25, -0.2) is 13.2 Å². The van der Waals surface area contributed by atoms with Crippen LogP contribution in [0.4, 0.5) is 18.9 Å². The van der Waals surface area contributed by atoms with E-state index in [1.54, 1.807) is 36.5 Å². The molecule has 8 heteroatoms. The predicted molar refractivity (Wildman–Crippen MR) is 127 cm³/mol. The molecule has 1 amide bonds. The lowest BCUT2D eigenvalue weighted by molar-refractivity contribution is -0.122. The number of nitrogens with two attached hydrogens (primary N) is 1. The monoisotopic (exact) mass is 487 g/mol. The molecule has 178 valence electrons. The van der Waals surface area contributed by atoms with Gasteiger partial charge in [-0.1, -0.05) is 44.5 Å². The number of halogens is 4. The number of carbonyl (C=O) groups excluding carboxylic acids is 1. The summed E-state index contributed by atoms with van der Waals surface area (Å²) >= 11 is 5.95. The molecule has 1 aromatic heterocycles. The number of hydrogen-bond donors (Lipinski definition) is 1. The van der Waals surface area contributed by atoms with Crippen LogP contribution >= 0.6 is 11.6 Å². The fraction of sp³-hybridized carbons (Fsp3) is 0.308. The third kappa shape index (κ3) is 4.68. The average molecular weight is 488 g/mol. The number of carbonyl (C=O) groups is 1. The van der Waals surface area contributed by atoms with E-state index in [0.29, 0.717) is 16.1 Å². The van der Waals surface area contributed by atoms with Gasteiger partial charge < -0.3 is 10.6 Å². The normalized spacial score (nSPS) is 17.9. The maximum absolute atomic E-state index is 15.2. The fourth-order valence-corrected chi connectivity index (χ4v) is 4.15. The summed E-state index contributed by atoms with van der Waals surface area (Å²) in [6.45, 7) is 5.97. The lowest BCUT2D eigenvalue weighted by atomic mass is 9.86. The van der Waals surface area contributed by atoms with E-state index < -0.39 is 35.7 Å². The van der Waals surface area contributed by atoms with Gasteiger partial charge in [0, 0.05) is 40.5 Å². The summed E-state index contributed by atoms with van der Waals surface area (Å²) in [6, 6.07) is 9.15. The van der Waals surface area contributed by atoms with Gasteiger partial charge in [0.2, 0.25) is 5.91 Å². The first-order chi connectivity index (χ1) is 15.9. The number of pyridine rings is 1. The molecule has 0 aliphatic carbocycles. The van der Waals surface area contributed by atoms with Gasteiger partial charge in [0.05, 0.1) is 18.3 Å². The number of benzene rings is 2. The van der Waals surface area contributed by atoms with Crippen LogP contribution in [0.2, 0.25) is 5.02 Å². The van der Waals surface area contributed by atoms with Crippen LogP contribution in [-0.4, -0.2) is 16.9 Å². The molecule has 2 heterocycles.